The standard InChI is InChI=1S/C14H22N2O2S/c1-3-12-6-8-13(9-7-12)16(2)19(17,18)14-5-4-10-15-11-14/h6-9,14-15H,3-5,10-11H2,1-2H3. The molecule has 1 unspecified atom stereocenters. The Kier molecular flexibility index (Phi) is 4.47. The SMILES string of the molecule is CCc1ccc(N(C)S(=O)(=O)C2CCCNC2)cc1. The minimum atomic E-state index is -3.26. The highest BCUT2D eigenvalue weighted by molar-refractivity contribution is 7.93. The third kappa shape index (κ3) is 3.09. The molecular weight excluding hydrogens is 260 g/mol. The molecule has 1 aromatic rings. The molecule has 1 aromatic carbocycles. The highest BCUT2D eigenvalue weighted by Crippen LogP contribution is 2.22. The number of sulfonamides is 1. The number of piperidine rings is 1. The van der Waals surface area contributed by atoms with Crippen molar-refractivity contribution in [3.63, 3.8) is 0 Å². The maximum absolute atomic E-state index is 12.5. The lowest BCUT2D eigenvalue weighted by Gasteiger charge is -2.28. The summed E-state index contributed by atoms with van der Waals surface area (Å²) in [6.45, 7) is 3.56. The van der Waals surface area contributed by atoms with Crippen LogP contribution in [0.5, 0.6) is 0 Å². The van der Waals surface area contributed by atoms with Gasteiger partial charge in [0.25, 0.3) is 0 Å². The van der Waals surface area contributed by atoms with Crippen LogP contribution in [0.1, 0.15) is 25.3 Å². The van der Waals surface area contributed by atoms with E-state index in [-0.39, 0.29) is 5.25 Å². The van der Waals surface area contributed by atoms with Gasteiger partial charge < -0.3 is 5.32 Å². The fourth-order valence-electron chi connectivity index (χ4n) is 2.39. The van der Waals surface area contributed by atoms with E-state index in [1.165, 1.54) is 9.87 Å². The summed E-state index contributed by atoms with van der Waals surface area (Å²) >= 11 is 0. The first-order valence-electron chi connectivity index (χ1n) is 6.83. The zero-order valence-electron chi connectivity index (χ0n) is 11.6. The molecule has 0 bridgehead atoms. The number of aryl methyl sites for hydroxylation is 1. The third-order valence-corrected chi connectivity index (χ3v) is 5.98. The van der Waals surface area contributed by atoms with Crippen molar-refractivity contribution in [3.05, 3.63) is 29.8 Å². The Hall–Kier alpha value is -1.07. The van der Waals surface area contributed by atoms with Gasteiger partial charge in [0.2, 0.25) is 10.0 Å². The molecule has 0 aromatic heterocycles. The van der Waals surface area contributed by atoms with Crippen LogP contribution in [0.3, 0.4) is 0 Å². The first-order valence-corrected chi connectivity index (χ1v) is 8.33. The van der Waals surface area contributed by atoms with Crippen molar-refractivity contribution in [2.45, 2.75) is 31.4 Å². The molecule has 5 heteroatoms. The zero-order valence-corrected chi connectivity index (χ0v) is 12.4. The van der Waals surface area contributed by atoms with E-state index in [1.54, 1.807) is 7.05 Å². The van der Waals surface area contributed by atoms with Crippen LogP contribution in [-0.2, 0) is 16.4 Å². The van der Waals surface area contributed by atoms with Gasteiger partial charge >= 0.3 is 0 Å². The van der Waals surface area contributed by atoms with Crippen LogP contribution < -0.4 is 9.62 Å². The van der Waals surface area contributed by atoms with Gasteiger partial charge in [-0.2, -0.15) is 0 Å². The van der Waals surface area contributed by atoms with E-state index in [1.807, 2.05) is 24.3 Å². The summed E-state index contributed by atoms with van der Waals surface area (Å²) < 4.78 is 26.5. The summed E-state index contributed by atoms with van der Waals surface area (Å²) in [5, 5.41) is 2.85. The highest BCUT2D eigenvalue weighted by atomic mass is 32.2. The highest BCUT2D eigenvalue weighted by Gasteiger charge is 2.31. The lowest BCUT2D eigenvalue weighted by molar-refractivity contribution is 0.496. The molecule has 1 atom stereocenters. The molecule has 1 fully saturated rings. The van der Waals surface area contributed by atoms with E-state index in [2.05, 4.69) is 12.2 Å². The van der Waals surface area contributed by atoms with Crippen LogP contribution in [0.4, 0.5) is 5.69 Å². The molecule has 4 nitrogen and oxygen atoms in total. The van der Waals surface area contributed by atoms with Crippen LogP contribution in [-0.4, -0.2) is 33.8 Å². The smallest absolute Gasteiger partial charge is 0.239 e. The summed E-state index contributed by atoms with van der Waals surface area (Å²) in [5.74, 6) is 0. The van der Waals surface area contributed by atoms with E-state index in [0.717, 1.165) is 31.5 Å². The predicted octanol–water partition coefficient (Wildman–Crippen LogP) is 1.77. The second-order valence-electron chi connectivity index (χ2n) is 5.00. The van der Waals surface area contributed by atoms with Crippen LogP contribution in [0.2, 0.25) is 0 Å². The number of rotatable bonds is 4. The van der Waals surface area contributed by atoms with Crippen molar-refractivity contribution in [2.75, 3.05) is 24.4 Å². The fourth-order valence-corrected chi connectivity index (χ4v) is 4.04. The number of benzene rings is 1. The molecular formula is C14H22N2O2S. The third-order valence-electron chi connectivity index (χ3n) is 3.76. The Bertz CT molecular complexity index is 505. The van der Waals surface area contributed by atoms with Crippen molar-refractivity contribution in [1.82, 2.24) is 5.32 Å². The molecule has 0 saturated carbocycles. The molecule has 2 rings (SSSR count). The number of hydrogen-bond donors (Lipinski definition) is 1. The minimum absolute atomic E-state index is 0.308. The number of nitrogens with one attached hydrogen (secondary N) is 1. The van der Waals surface area contributed by atoms with E-state index >= 15 is 0 Å². The molecule has 1 saturated heterocycles. The topological polar surface area (TPSA) is 49.4 Å². The summed E-state index contributed by atoms with van der Waals surface area (Å²) in [6.07, 6.45) is 2.63. The maximum atomic E-state index is 12.5. The van der Waals surface area contributed by atoms with Gasteiger partial charge in [0, 0.05) is 13.6 Å². The summed E-state index contributed by atoms with van der Waals surface area (Å²) in [5.41, 5.74) is 1.96. The summed E-state index contributed by atoms with van der Waals surface area (Å²) in [4.78, 5) is 0. The van der Waals surface area contributed by atoms with Crippen LogP contribution in [0, 0.1) is 0 Å². The van der Waals surface area contributed by atoms with Crippen LogP contribution in [0.25, 0.3) is 0 Å². The molecule has 0 amide bonds. The first kappa shape index (κ1) is 14.3. The fraction of sp³-hybridized carbons (Fsp3) is 0.571. The number of hydrogen-bond acceptors (Lipinski definition) is 3. The molecule has 0 aliphatic carbocycles. The van der Waals surface area contributed by atoms with Crippen molar-refractivity contribution in [2.24, 2.45) is 0 Å². The first-order chi connectivity index (χ1) is 9.05. The van der Waals surface area contributed by atoms with Gasteiger partial charge in [-0.3, -0.25) is 4.31 Å². The van der Waals surface area contributed by atoms with Gasteiger partial charge in [0.1, 0.15) is 0 Å². The van der Waals surface area contributed by atoms with E-state index in [9.17, 15) is 8.42 Å². The largest absolute Gasteiger partial charge is 0.315 e. The van der Waals surface area contributed by atoms with E-state index in [4.69, 9.17) is 0 Å². The molecule has 1 aliphatic heterocycles. The van der Waals surface area contributed by atoms with Gasteiger partial charge in [0.15, 0.2) is 0 Å². The average molecular weight is 282 g/mol. The maximum Gasteiger partial charge on any atom is 0.239 e. The van der Waals surface area contributed by atoms with Gasteiger partial charge in [-0.1, -0.05) is 19.1 Å². The molecule has 19 heavy (non-hydrogen) atoms. The normalized spacial score (nSPS) is 20.2. The minimum Gasteiger partial charge on any atom is -0.315 e. The van der Waals surface area contributed by atoms with Crippen LogP contribution in [0.15, 0.2) is 24.3 Å². The Morgan fingerprint density at radius 3 is 2.53 bits per heavy atom. The molecule has 106 valence electrons. The van der Waals surface area contributed by atoms with Crippen molar-refractivity contribution in [3.8, 4) is 0 Å². The Balaban J connectivity index is 2.18. The predicted molar refractivity (Wildman–Crippen MR) is 79.0 cm³/mol. The van der Waals surface area contributed by atoms with Crippen molar-refractivity contribution in [1.29, 1.82) is 0 Å². The van der Waals surface area contributed by atoms with E-state index < -0.39 is 10.0 Å². The van der Waals surface area contributed by atoms with Gasteiger partial charge in [-0.25, -0.2) is 8.42 Å². The Labute approximate surface area is 115 Å². The lowest BCUT2D eigenvalue weighted by atomic mass is 10.1. The second-order valence-corrected chi connectivity index (χ2v) is 7.25. The second kappa shape index (κ2) is 5.92. The summed E-state index contributed by atoms with van der Waals surface area (Å²) in [7, 11) is -1.62. The summed E-state index contributed by atoms with van der Waals surface area (Å²) in [6, 6.07) is 7.74. The van der Waals surface area contributed by atoms with Gasteiger partial charge in [-0.15, -0.1) is 0 Å². The van der Waals surface area contributed by atoms with Gasteiger partial charge in [-0.05, 0) is 43.5 Å². The Morgan fingerprint density at radius 2 is 2.00 bits per heavy atom. The number of anilines is 1. The molecule has 1 aliphatic rings. The monoisotopic (exact) mass is 282 g/mol. The quantitative estimate of drug-likeness (QED) is 0.915. The van der Waals surface area contributed by atoms with Gasteiger partial charge in [0.05, 0.1) is 10.9 Å². The molecule has 1 N–H and O–H groups in total. The van der Waals surface area contributed by atoms with E-state index in [0.29, 0.717) is 6.54 Å². The van der Waals surface area contributed by atoms with Crippen LogP contribution >= 0.6 is 0 Å². The zero-order chi connectivity index (χ0) is 13.9. The van der Waals surface area contributed by atoms with Crippen molar-refractivity contribution >= 4 is 15.7 Å². The van der Waals surface area contributed by atoms with Crippen molar-refractivity contribution < 1.29 is 8.42 Å². The molecule has 1 heterocycles. The molecule has 0 radical (unpaired) electrons. The molecule has 0 spiro atoms. The number of nitrogens with zero attached hydrogens (tertiary/aromatic N) is 1. The average Bonchev–Trinajstić information content (AvgIpc) is 2.47. The lowest BCUT2D eigenvalue weighted by Crippen LogP contribution is -2.45. The Morgan fingerprint density at radius 1 is 1.32 bits per heavy atom.